The molecule has 7 nitrogen and oxygen atoms in total. The van der Waals surface area contributed by atoms with E-state index in [1.165, 1.54) is 0 Å². The summed E-state index contributed by atoms with van der Waals surface area (Å²) in [4.78, 5) is 25.4. The van der Waals surface area contributed by atoms with E-state index in [2.05, 4.69) is 4.57 Å². The third kappa shape index (κ3) is 4.95. The lowest BCUT2D eigenvalue weighted by molar-refractivity contribution is 0.0474. The van der Waals surface area contributed by atoms with Crippen molar-refractivity contribution in [2.75, 3.05) is 13.4 Å². The summed E-state index contributed by atoms with van der Waals surface area (Å²) in [5.41, 5.74) is 3.66. The van der Waals surface area contributed by atoms with Gasteiger partial charge < -0.3 is 23.5 Å². The minimum Gasteiger partial charge on any atom is -0.457 e. The van der Waals surface area contributed by atoms with Crippen LogP contribution in [0.25, 0.3) is 0 Å². The van der Waals surface area contributed by atoms with E-state index < -0.39 is 5.97 Å². The highest BCUT2D eigenvalue weighted by Gasteiger charge is 2.19. The molecule has 2 heterocycles. The number of Topliss-reactive ketones (excluding diaryl/α,β-unsaturated/α-hetero) is 1. The number of aryl methyl sites for hydroxylation is 1. The average Bonchev–Trinajstić information content (AvgIpc) is 3.47. The van der Waals surface area contributed by atoms with Crippen molar-refractivity contribution in [2.24, 2.45) is 0 Å². The van der Waals surface area contributed by atoms with E-state index in [1.54, 1.807) is 24.3 Å². The molecule has 0 radical (unpaired) electrons. The standard InChI is InChI=1S/C29H25NO6/c1-19-14-25(20(2)30(19)16-21-8-13-27-28(15-21)35-18-34-27)26(31)17-33-29(32)22-9-11-24(12-10-22)36-23-6-4-3-5-7-23/h3-15H,16-18H2,1-2H3. The molecule has 182 valence electrons. The van der Waals surface area contributed by atoms with Crippen molar-refractivity contribution in [3.8, 4) is 23.0 Å². The van der Waals surface area contributed by atoms with Gasteiger partial charge in [0.25, 0.3) is 0 Å². The average molecular weight is 484 g/mol. The van der Waals surface area contributed by atoms with Crippen LogP contribution in [0.4, 0.5) is 0 Å². The predicted molar refractivity (Wildman–Crippen MR) is 133 cm³/mol. The topological polar surface area (TPSA) is 76.0 Å². The van der Waals surface area contributed by atoms with E-state index in [0.29, 0.717) is 29.2 Å². The van der Waals surface area contributed by atoms with E-state index in [9.17, 15) is 9.59 Å². The van der Waals surface area contributed by atoms with Crippen LogP contribution in [0.2, 0.25) is 0 Å². The highest BCUT2D eigenvalue weighted by Crippen LogP contribution is 2.33. The maximum Gasteiger partial charge on any atom is 0.338 e. The number of carbonyl (C=O) groups excluding carboxylic acids is 2. The number of rotatable bonds is 8. The van der Waals surface area contributed by atoms with Crippen LogP contribution in [-0.4, -0.2) is 29.7 Å². The number of hydrogen-bond acceptors (Lipinski definition) is 6. The van der Waals surface area contributed by atoms with Gasteiger partial charge in [-0.15, -0.1) is 0 Å². The molecule has 5 rings (SSSR count). The van der Waals surface area contributed by atoms with Crippen molar-refractivity contribution in [1.29, 1.82) is 0 Å². The van der Waals surface area contributed by atoms with Crippen LogP contribution in [0, 0.1) is 13.8 Å². The summed E-state index contributed by atoms with van der Waals surface area (Å²) >= 11 is 0. The Bertz CT molecular complexity index is 1410. The largest absolute Gasteiger partial charge is 0.457 e. The van der Waals surface area contributed by atoms with Crippen molar-refractivity contribution in [3.05, 3.63) is 107 Å². The highest BCUT2D eigenvalue weighted by molar-refractivity contribution is 6.00. The molecule has 1 aromatic heterocycles. The summed E-state index contributed by atoms with van der Waals surface area (Å²) in [6.45, 7) is 4.31. The Morgan fingerprint density at radius 2 is 1.58 bits per heavy atom. The van der Waals surface area contributed by atoms with Crippen LogP contribution in [0.15, 0.2) is 78.9 Å². The maximum atomic E-state index is 12.9. The van der Waals surface area contributed by atoms with Crippen molar-refractivity contribution >= 4 is 11.8 Å². The Labute approximate surface area is 208 Å². The Kier molecular flexibility index (Phi) is 6.45. The number of esters is 1. The summed E-state index contributed by atoms with van der Waals surface area (Å²) in [6.07, 6.45) is 0. The number of fused-ring (bicyclic) bond motifs is 1. The van der Waals surface area contributed by atoms with Crippen LogP contribution in [0.3, 0.4) is 0 Å². The Morgan fingerprint density at radius 3 is 2.36 bits per heavy atom. The SMILES string of the molecule is Cc1cc(C(=O)COC(=O)c2ccc(Oc3ccccc3)cc2)c(C)n1Cc1ccc2c(c1)OCO2. The number of aromatic nitrogens is 1. The number of carbonyl (C=O) groups is 2. The lowest BCUT2D eigenvalue weighted by Crippen LogP contribution is -2.15. The van der Waals surface area contributed by atoms with Gasteiger partial charge in [0.15, 0.2) is 18.1 Å². The summed E-state index contributed by atoms with van der Waals surface area (Å²) in [6, 6.07) is 23.6. The summed E-state index contributed by atoms with van der Waals surface area (Å²) in [5, 5.41) is 0. The minimum absolute atomic E-state index is 0.226. The molecule has 0 atom stereocenters. The zero-order valence-corrected chi connectivity index (χ0v) is 20.0. The number of ketones is 1. The van der Waals surface area contributed by atoms with E-state index in [-0.39, 0.29) is 19.2 Å². The number of ether oxygens (including phenoxy) is 4. The molecule has 1 aliphatic heterocycles. The van der Waals surface area contributed by atoms with Crippen molar-refractivity contribution in [1.82, 2.24) is 4.57 Å². The maximum absolute atomic E-state index is 12.9. The molecule has 0 saturated heterocycles. The second-order valence-corrected chi connectivity index (χ2v) is 8.50. The first-order chi connectivity index (χ1) is 17.5. The normalized spacial score (nSPS) is 11.8. The molecule has 0 N–H and O–H groups in total. The van der Waals surface area contributed by atoms with Gasteiger partial charge in [-0.25, -0.2) is 4.79 Å². The van der Waals surface area contributed by atoms with Crippen LogP contribution in [0.5, 0.6) is 23.0 Å². The lowest BCUT2D eigenvalue weighted by atomic mass is 10.1. The van der Waals surface area contributed by atoms with Crippen LogP contribution >= 0.6 is 0 Å². The summed E-state index contributed by atoms with van der Waals surface area (Å²) in [7, 11) is 0. The molecular formula is C29H25NO6. The second kappa shape index (κ2) is 10.00. The van der Waals surface area contributed by atoms with E-state index >= 15 is 0 Å². The summed E-state index contributed by atoms with van der Waals surface area (Å²) in [5.74, 6) is 1.94. The Balaban J connectivity index is 1.20. The zero-order valence-electron chi connectivity index (χ0n) is 20.0. The zero-order chi connectivity index (χ0) is 25.1. The van der Waals surface area contributed by atoms with Gasteiger partial charge in [0.05, 0.1) is 5.56 Å². The molecule has 0 unspecified atom stereocenters. The van der Waals surface area contributed by atoms with Crippen molar-refractivity contribution < 1.29 is 28.5 Å². The van der Waals surface area contributed by atoms with E-state index in [1.807, 2.05) is 68.4 Å². The van der Waals surface area contributed by atoms with Crippen molar-refractivity contribution in [3.63, 3.8) is 0 Å². The van der Waals surface area contributed by atoms with Gasteiger partial charge in [-0.2, -0.15) is 0 Å². The molecule has 0 aliphatic carbocycles. The number of hydrogen-bond donors (Lipinski definition) is 0. The molecule has 0 saturated carbocycles. The van der Waals surface area contributed by atoms with Crippen LogP contribution in [0.1, 0.15) is 37.7 Å². The molecule has 36 heavy (non-hydrogen) atoms. The first-order valence-corrected chi connectivity index (χ1v) is 11.6. The predicted octanol–water partition coefficient (Wildman–Crippen LogP) is 5.71. The van der Waals surface area contributed by atoms with E-state index in [4.69, 9.17) is 18.9 Å². The molecule has 3 aromatic carbocycles. The van der Waals surface area contributed by atoms with Crippen LogP contribution < -0.4 is 14.2 Å². The third-order valence-electron chi connectivity index (χ3n) is 6.06. The number of para-hydroxylation sites is 1. The number of benzene rings is 3. The first-order valence-electron chi connectivity index (χ1n) is 11.6. The molecular weight excluding hydrogens is 458 g/mol. The van der Waals surface area contributed by atoms with Gasteiger partial charge in [0.2, 0.25) is 12.6 Å². The molecule has 1 aliphatic rings. The van der Waals surface area contributed by atoms with Gasteiger partial charge >= 0.3 is 5.97 Å². The van der Waals surface area contributed by atoms with Gasteiger partial charge in [-0.05, 0) is 74.0 Å². The summed E-state index contributed by atoms with van der Waals surface area (Å²) < 4.78 is 23.9. The smallest absolute Gasteiger partial charge is 0.338 e. The van der Waals surface area contributed by atoms with Gasteiger partial charge in [0.1, 0.15) is 11.5 Å². The van der Waals surface area contributed by atoms with Crippen molar-refractivity contribution in [2.45, 2.75) is 20.4 Å². The second-order valence-electron chi connectivity index (χ2n) is 8.50. The molecule has 0 fully saturated rings. The molecule has 0 spiro atoms. The molecule has 7 heteroatoms. The fraction of sp³-hybridized carbons (Fsp3) is 0.172. The molecule has 0 bridgehead atoms. The lowest BCUT2D eigenvalue weighted by Gasteiger charge is -2.11. The van der Waals surface area contributed by atoms with Crippen LogP contribution in [-0.2, 0) is 11.3 Å². The molecule has 4 aromatic rings. The fourth-order valence-corrected chi connectivity index (χ4v) is 4.12. The molecule has 0 amide bonds. The third-order valence-corrected chi connectivity index (χ3v) is 6.06. The highest BCUT2D eigenvalue weighted by atomic mass is 16.7. The van der Waals surface area contributed by atoms with Gasteiger partial charge in [-0.3, -0.25) is 4.79 Å². The Hall–Kier alpha value is -4.52. The van der Waals surface area contributed by atoms with E-state index in [0.717, 1.165) is 28.5 Å². The van der Waals surface area contributed by atoms with Gasteiger partial charge in [0, 0.05) is 23.5 Å². The van der Waals surface area contributed by atoms with Gasteiger partial charge in [-0.1, -0.05) is 24.3 Å². The first kappa shape index (κ1) is 23.2. The Morgan fingerprint density at radius 1 is 0.861 bits per heavy atom. The quantitative estimate of drug-likeness (QED) is 0.236. The minimum atomic E-state index is -0.566. The monoisotopic (exact) mass is 483 g/mol. The number of nitrogens with zero attached hydrogens (tertiary/aromatic N) is 1. The fourth-order valence-electron chi connectivity index (χ4n) is 4.12.